The van der Waals surface area contributed by atoms with Gasteiger partial charge in [-0.05, 0) is 37.4 Å². The van der Waals surface area contributed by atoms with Crippen LogP contribution in [0.5, 0.6) is 0 Å². The number of nitrogens with one attached hydrogen (secondary N) is 1. The second kappa shape index (κ2) is 8.06. The zero-order valence-electron chi connectivity index (χ0n) is 13.8. The molecule has 0 bridgehead atoms. The fraction of sp³-hybridized carbons (Fsp3) is 0.278. The maximum atomic E-state index is 12.6. The van der Waals surface area contributed by atoms with Gasteiger partial charge in [0.1, 0.15) is 0 Å². The first-order valence-electron chi connectivity index (χ1n) is 7.58. The van der Waals surface area contributed by atoms with Gasteiger partial charge in [-0.3, -0.25) is 0 Å². The van der Waals surface area contributed by atoms with Crippen molar-refractivity contribution in [3.8, 4) is 6.07 Å². The molecule has 0 spiro atoms. The molecule has 126 valence electrons. The number of hydrogen-bond acceptors (Lipinski definition) is 4. The minimum Gasteiger partial charge on any atom is -0.307 e. The Morgan fingerprint density at radius 1 is 1.12 bits per heavy atom. The Kier molecular flexibility index (Phi) is 6.10. The van der Waals surface area contributed by atoms with Crippen LogP contribution in [0, 0.1) is 11.3 Å². The van der Waals surface area contributed by atoms with Crippen LogP contribution >= 0.6 is 0 Å². The van der Waals surface area contributed by atoms with Gasteiger partial charge in [-0.2, -0.15) is 5.26 Å². The van der Waals surface area contributed by atoms with Crippen molar-refractivity contribution < 1.29 is 8.42 Å². The van der Waals surface area contributed by atoms with Gasteiger partial charge in [-0.15, -0.1) is 0 Å². The van der Waals surface area contributed by atoms with Crippen LogP contribution in [-0.4, -0.2) is 34.0 Å². The van der Waals surface area contributed by atoms with Crippen LogP contribution < -0.4 is 4.72 Å². The average molecular weight is 343 g/mol. The first-order chi connectivity index (χ1) is 11.4. The SMILES string of the molecule is CN(C)CC(NS(=O)(=O)Cc1cccc(C#N)c1)c1ccccc1. The van der Waals surface area contributed by atoms with Gasteiger partial charge in [0.05, 0.1) is 23.4 Å². The smallest absolute Gasteiger partial charge is 0.216 e. The third-order valence-electron chi connectivity index (χ3n) is 3.48. The van der Waals surface area contributed by atoms with Gasteiger partial charge < -0.3 is 4.90 Å². The molecule has 0 saturated carbocycles. The molecular weight excluding hydrogens is 322 g/mol. The van der Waals surface area contributed by atoms with Gasteiger partial charge in [-0.25, -0.2) is 13.1 Å². The molecule has 0 saturated heterocycles. The Hall–Kier alpha value is -2.20. The minimum atomic E-state index is -3.54. The number of nitriles is 1. The van der Waals surface area contributed by atoms with E-state index < -0.39 is 10.0 Å². The summed E-state index contributed by atoms with van der Waals surface area (Å²) in [5.41, 5.74) is 1.97. The lowest BCUT2D eigenvalue weighted by Gasteiger charge is -2.22. The van der Waals surface area contributed by atoms with Crippen molar-refractivity contribution in [3.05, 3.63) is 71.3 Å². The monoisotopic (exact) mass is 343 g/mol. The Balaban J connectivity index is 2.19. The van der Waals surface area contributed by atoms with E-state index in [1.165, 1.54) is 0 Å². The van der Waals surface area contributed by atoms with E-state index in [2.05, 4.69) is 4.72 Å². The van der Waals surface area contributed by atoms with Crippen LogP contribution in [0.2, 0.25) is 0 Å². The van der Waals surface area contributed by atoms with Crippen molar-refractivity contribution in [2.45, 2.75) is 11.8 Å². The number of likely N-dealkylation sites (N-methyl/N-ethyl adjacent to an activating group) is 1. The van der Waals surface area contributed by atoms with E-state index in [0.717, 1.165) is 5.56 Å². The largest absolute Gasteiger partial charge is 0.307 e. The molecule has 0 aromatic heterocycles. The summed E-state index contributed by atoms with van der Waals surface area (Å²) < 4.78 is 27.9. The van der Waals surface area contributed by atoms with Gasteiger partial charge in [0.2, 0.25) is 10.0 Å². The summed E-state index contributed by atoms with van der Waals surface area (Å²) in [5, 5.41) is 8.93. The molecule has 0 amide bonds. The third-order valence-corrected chi connectivity index (χ3v) is 4.84. The maximum Gasteiger partial charge on any atom is 0.216 e. The molecule has 1 N–H and O–H groups in total. The summed E-state index contributed by atoms with van der Waals surface area (Å²) in [6.07, 6.45) is 0. The first kappa shape index (κ1) is 18.1. The summed E-state index contributed by atoms with van der Waals surface area (Å²) >= 11 is 0. The number of nitrogens with zero attached hydrogens (tertiary/aromatic N) is 2. The highest BCUT2D eigenvalue weighted by Gasteiger charge is 2.20. The number of benzene rings is 2. The molecule has 0 fully saturated rings. The highest BCUT2D eigenvalue weighted by atomic mass is 32.2. The van der Waals surface area contributed by atoms with Crippen LogP contribution in [0.1, 0.15) is 22.7 Å². The van der Waals surface area contributed by atoms with Crippen molar-refractivity contribution in [1.29, 1.82) is 5.26 Å². The number of sulfonamides is 1. The Morgan fingerprint density at radius 2 is 1.83 bits per heavy atom. The van der Waals surface area contributed by atoms with Crippen LogP contribution in [0.15, 0.2) is 54.6 Å². The standard InChI is InChI=1S/C18H21N3O2S/c1-21(2)13-18(17-9-4-3-5-10-17)20-24(22,23)14-16-8-6-7-15(11-16)12-19/h3-11,18,20H,13-14H2,1-2H3. The topological polar surface area (TPSA) is 73.2 Å². The highest BCUT2D eigenvalue weighted by molar-refractivity contribution is 7.88. The van der Waals surface area contributed by atoms with Crippen LogP contribution in [0.3, 0.4) is 0 Å². The van der Waals surface area contributed by atoms with Crippen molar-refractivity contribution in [1.82, 2.24) is 9.62 Å². The normalized spacial score (nSPS) is 12.8. The van der Waals surface area contributed by atoms with E-state index in [-0.39, 0.29) is 11.8 Å². The van der Waals surface area contributed by atoms with E-state index in [1.807, 2.05) is 55.4 Å². The van der Waals surface area contributed by atoms with Crippen molar-refractivity contribution in [2.75, 3.05) is 20.6 Å². The predicted molar refractivity (Wildman–Crippen MR) is 94.7 cm³/mol. The fourth-order valence-electron chi connectivity index (χ4n) is 2.47. The van der Waals surface area contributed by atoms with Gasteiger partial charge in [0, 0.05) is 6.54 Å². The summed E-state index contributed by atoms with van der Waals surface area (Å²) in [7, 11) is 0.268. The molecule has 0 radical (unpaired) electrons. The van der Waals surface area contributed by atoms with Crippen molar-refractivity contribution in [3.63, 3.8) is 0 Å². The quantitative estimate of drug-likeness (QED) is 0.837. The molecule has 2 aromatic carbocycles. The number of rotatable bonds is 7. The summed E-state index contributed by atoms with van der Waals surface area (Å²) in [5.74, 6) is -0.153. The number of hydrogen-bond donors (Lipinski definition) is 1. The Bertz CT molecular complexity index is 812. The second-order valence-electron chi connectivity index (χ2n) is 5.91. The molecule has 2 rings (SSSR count). The Labute approximate surface area is 143 Å². The average Bonchev–Trinajstić information content (AvgIpc) is 2.54. The molecule has 2 aromatic rings. The van der Waals surface area contributed by atoms with Gasteiger partial charge in [0.15, 0.2) is 0 Å². The summed E-state index contributed by atoms with van der Waals surface area (Å²) in [6.45, 7) is 0.557. The summed E-state index contributed by atoms with van der Waals surface area (Å²) in [4.78, 5) is 1.94. The maximum absolute atomic E-state index is 12.6. The molecule has 1 unspecified atom stereocenters. The van der Waals surface area contributed by atoms with Gasteiger partial charge in [-0.1, -0.05) is 42.5 Å². The molecule has 6 heteroatoms. The van der Waals surface area contributed by atoms with Crippen LogP contribution in [-0.2, 0) is 15.8 Å². The lowest BCUT2D eigenvalue weighted by atomic mass is 10.1. The molecule has 0 heterocycles. The van der Waals surface area contributed by atoms with Gasteiger partial charge in [0.25, 0.3) is 0 Å². The molecule has 24 heavy (non-hydrogen) atoms. The third kappa shape index (κ3) is 5.46. The lowest BCUT2D eigenvalue weighted by molar-refractivity contribution is 0.363. The van der Waals surface area contributed by atoms with Gasteiger partial charge >= 0.3 is 0 Å². The molecule has 0 aliphatic heterocycles. The zero-order chi connectivity index (χ0) is 17.6. The van der Waals surface area contributed by atoms with Crippen molar-refractivity contribution >= 4 is 10.0 Å². The highest BCUT2D eigenvalue weighted by Crippen LogP contribution is 2.16. The Morgan fingerprint density at radius 3 is 2.46 bits per heavy atom. The molecule has 5 nitrogen and oxygen atoms in total. The molecule has 0 aliphatic rings. The predicted octanol–water partition coefficient (Wildman–Crippen LogP) is 2.28. The molecule has 0 aliphatic carbocycles. The molecule has 1 atom stereocenters. The van der Waals surface area contributed by atoms with Crippen molar-refractivity contribution in [2.24, 2.45) is 0 Å². The second-order valence-corrected chi connectivity index (χ2v) is 7.67. The fourth-order valence-corrected chi connectivity index (χ4v) is 3.82. The van der Waals surface area contributed by atoms with Crippen LogP contribution in [0.4, 0.5) is 0 Å². The van der Waals surface area contributed by atoms with E-state index in [9.17, 15) is 8.42 Å². The van der Waals surface area contributed by atoms with E-state index >= 15 is 0 Å². The van der Waals surface area contributed by atoms with E-state index in [4.69, 9.17) is 5.26 Å². The van der Waals surface area contributed by atoms with E-state index in [1.54, 1.807) is 24.3 Å². The van der Waals surface area contributed by atoms with E-state index in [0.29, 0.717) is 17.7 Å². The van der Waals surface area contributed by atoms with Crippen LogP contribution in [0.25, 0.3) is 0 Å². The lowest BCUT2D eigenvalue weighted by Crippen LogP contribution is -2.35. The first-order valence-corrected chi connectivity index (χ1v) is 9.23. The summed E-state index contributed by atoms with van der Waals surface area (Å²) in [6, 6.07) is 17.9. The molecular formula is C18H21N3O2S. The zero-order valence-corrected chi connectivity index (χ0v) is 14.6. The minimum absolute atomic E-state index is 0.153.